The van der Waals surface area contributed by atoms with Gasteiger partial charge in [0.15, 0.2) is 5.01 Å². The number of carbonyl (C=O) groups is 1. The van der Waals surface area contributed by atoms with E-state index in [2.05, 4.69) is 15.3 Å². The molecule has 0 saturated carbocycles. The number of thiazole rings is 1. The molecule has 0 unspecified atom stereocenters. The Bertz CT molecular complexity index is 1180. The first-order chi connectivity index (χ1) is 12.9. The van der Waals surface area contributed by atoms with Crippen molar-refractivity contribution in [2.45, 2.75) is 20.3 Å². The topological polar surface area (TPSA) is 57.8 Å². The number of benzene rings is 2. The van der Waals surface area contributed by atoms with Gasteiger partial charge >= 0.3 is 0 Å². The van der Waals surface area contributed by atoms with Crippen LogP contribution in [-0.4, -0.2) is 22.4 Å². The van der Waals surface area contributed by atoms with E-state index in [0.29, 0.717) is 33.7 Å². The number of rotatable bonds is 4. The lowest BCUT2D eigenvalue weighted by Gasteiger charge is -2.05. The van der Waals surface area contributed by atoms with Crippen LogP contribution in [0, 0.1) is 25.5 Å². The van der Waals surface area contributed by atoms with E-state index in [1.807, 2.05) is 13.8 Å². The molecule has 4 nitrogen and oxygen atoms in total. The molecule has 0 atom stereocenters. The molecule has 2 aromatic carbocycles. The number of nitrogens with one attached hydrogen (secondary N) is 2. The quantitative estimate of drug-likeness (QED) is 0.537. The lowest BCUT2D eigenvalue weighted by molar-refractivity contribution is 0.0954. The van der Waals surface area contributed by atoms with Crippen LogP contribution in [0.4, 0.5) is 8.78 Å². The standard InChI is InChI=1S/C20H17F2N3OS/c1-10-3-5-14(22)18-17(10)13(11(2)24-18)7-8-23-19(26)20-25-15-6-4-12(21)9-16(15)27-20/h3-6,9,24H,7-8H2,1-2H3,(H,23,26). The zero-order valence-electron chi connectivity index (χ0n) is 14.8. The highest BCUT2D eigenvalue weighted by Crippen LogP contribution is 2.28. The smallest absolute Gasteiger partial charge is 0.280 e. The summed E-state index contributed by atoms with van der Waals surface area (Å²) in [7, 11) is 0. The van der Waals surface area contributed by atoms with Gasteiger partial charge in [0.1, 0.15) is 11.6 Å². The molecule has 4 aromatic rings. The average Bonchev–Trinajstić information content (AvgIpc) is 3.20. The maximum absolute atomic E-state index is 14.0. The molecule has 27 heavy (non-hydrogen) atoms. The van der Waals surface area contributed by atoms with E-state index in [1.165, 1.54) is 18.2 Å². The van der Waals surface area contributed by atoms with Gasteiger partial charge in [0.2, 0.25) is 0 Å². The van der Waals surface area contributed by atoms with Gasteiger partial charge in [-0.2, -0.15) is 0 Å². The number of nitrogens with zero attached hydrogens (tertiary/aromatic N) is 1. The van der Waals surface area contributed by atoms with Crippen LogP contribution in [0.1, 0.15) is 26.6 Å². The first-order valence-electron chi connectivity index (χ1n) is 8.54. The highest BCUT2D eigenvalue weighted by molar-refractivity contribution is 7.20. The number of carbonyl (C=O) groups excluding carboxylic acids is 1. The number of fused-ring (bicyclic) bond motifs is 2. The van der Waals surface area contributed by atoms with Gasteiger partial charge in [-0.25, -0.2) is 13.8 Å². The largest absolute Gasteiger partial charge is 0.356 e. The van der Waals surface area contributed by atoms with Crippen LogP contribution in [-0.2, 0) is 6.42 Å². The second kappa shape index (κ2) is 6.74. The molecule has 2 aromatic heterocycles. The highest BCUT2D eigenvalue weighted by Gasteiger charge is 2.16. The molecule has 2 heterocycles. The monoisotopic (exact) mass is 385 g/mol. The molecule has 1 amide bonds. The lowest BCUT2D eigenvalue weighted by atomic mass is 10.0. The number of amides is 1. The molecule has 138 valence electrons. The third-order valence-corrected chi connectivity index (χ3v) is 5.65. The molecule has 0 bridgehead atoms. The molecular weight excluding hydrogens is 368 g/mol. The predicted molar refractivity (Wildman–Crippen MR) is 103 cm³/mol. The number of aromatic amines is 1. The van der Waals surface area contributed by atoms with Crippen molar-refractivity contribution in [3.8, 4) is 0 Å². The van der Waals surface area contributed by atoms with Crippen molar-refractivity contribution in [3.05, 3.63) is 63.8 Å². The molecule has 0 aliphatic carbocycles. The Morgan fingerprint density at radius 1 is 1.22 bits per heavy atom. The fourth-order valence-electron chi connectivity index (χ4n) is 3.33. The number of halogens is 2. The minimum absolute atomic E-state index is 0.282. The summed E-state index contributed by atoms with van der Waals surface area (Å²) >= 11 is 1.16. The van der Waals surface area contributed by atoms with Crippen LogP contribution < -0.4 is 5.32 Å². The number of hydrogen-bond acceptors (Lipinski definition) is 3. The number of aromatic nitrogens is 2. The summed E-state index contributed by atoms with van der Waals surface area (Å²) in [4.78, 5) is 19.7. The van der Waals surface area contributed by atoms with Gasteiger partial charge in [-0.15, -0.1) is 11.3 Å². The summed E-state index contributed by atoms with van der Waals surface area (Å²) in [5.74, 6) is -0.928. The first kappa shape index (κ1) is 17.6. The summed E-state index contributed by atoms with van der Waals surface area (Å²) in [6, 6.07) is 7.47. The second-order valence-corrected chi connectivity index (χ2v) is 7.51. The Morgan fingerprint density at radius 2 is 2.04 bits per heavy atom. The first-order valence-corrected chi connectivity index (χ1v) is 9.36. The van der Waals surface area contributed by atoms with Crippen LogP contribution in [0.2, 0.25) is 0 Å². The maximum Gasteiger partial charge on any atom is 0.280 e. The minimum Gasteiger partial charge on any atom is -0.356 e. The average molecular weight is 385 g/mol. The normalized spacial score (nSPS) is 11.4. The van der Waals surface area contributed by atoms with Crippen molar-refractivity contribution in [1.29, 1.82) is 0 Å². The SMILES string of the molecule is Cc1[nH]c2c(F)ccc(C)c2c1CCNC(=O)c1nc2ccc(F)cc2s1. The molecule has 2 N–H and O–H groups in total. The fourth-order valence-corrected chi connectivity index (χ4v) is 4.23. The van der Waals surface area contributed by atoms with Gasteiger partial charge in [0.05, 0.1) is 15.7 Å². The minimum atomic E-state index is -0.351. The predicted octanol–water partition coefficient (Wildman–Crippen LogP) is 4.65. The van der Waals surface area contributed by atoms with Crippen molar-refractivity contribution in [3.63, 3.8) is 0 Å². The van der Waals surface area contributed by atoms with Gasteiger partial charge in [0.25, 0.3) is 5.91 Å². The molecule has 0 aliphatic rings. The Balaban J connectivity index is 1.51. The van der Waals surface area contributed by atoms with Crippen LogP contribution in [0.5, 0.6) is 0 Å². The van der Waals surface area contributed by atoms with E-state index in [0.717, 1.165) is 33.5 Å². The molecule has 0 aliphatic heterocycles. The molecule has 7 heteroatoms. The van der Waals surface area contributed by atoms with E-state index in [9.17, 15) is 13.6 Å². The molecular formula is C20H17F2N3OS. The third-order valence-electron chi connectivity index (χ3n) is 4.64. The number of H-pyrrole nitrogens is 1. The molecule has 0 radical (unpaired) electrons. The Kier molecular flexibility index (Phi) is 4.39. The Hall–Kier alpha value is -2.80. The van der Waals surface area contributed by atoms with Crippen molar-refractivity contribution >= 4 is 38.4 Å². The summed E-state index contributed by atoms with van der Waals surface area (Å²) in [5, 5.41) is 4.02. The fraction of sp³-hybridized carbons (Fsp3) is 0.200. The van der Waals surface area contributed by atoms with Crippen molar-refractivity contribution in [1.82, 2.24) is 15.3 Å². The lowest BCUT2D eigenvalue weighted by Crippen LogP contribution is -2.25. The summed E-state index contributed by atoms with van der Waals surface area (Å²) in [5.41, 5.74) is 3.98. The van der Waals surface area contributed by atoms with Gasteiger partial charge in [0, 0.05) is 17.6 Å². The molecule has 4 rings (SSSR count). The van der Waals surface area contributed by atoms with E-state index < -0.39 is 0 Å². The van der Waals surface area contributed by atoms with Gasteiger partial charge in [-0.05, 0) is 55.7 Å². The van der Waals surface area contributed by atoms with Crippen LogP contribution in [0.15, 0.2) is 30.3 Å². The zero-order chi connectivity index (χ0) is 19.1. The number of aryl methyl sites for hydroxylation is 2. The van der Waals surface area contributed by atoms with E-state index in [4.69, 9.17) is 0 Å². The summed E-state index contributed by atoms with van der Waals surface area (Å²) in [6.07, 6.45) is 0.571. The van der Waals surface area contributed by atoms with Gasteiger partial charge in [-0.3, -0.25) is 4.79 Å². The van der Waals surface area contributed by atoms with Crippen LogP contribution in [0.3, 0.4) is 0 Å². The van der Waals surface area contributed by atoms with Crippen molar-refractivity contribution in [2.24, 2.45) is 0 Å². The second-order valence-electron chi connectivity index (χ2n) is 6.48. The van der Waals surface area contributed by atoms with E-state index in [-0.39, 0.29) is 17.5 Å². The van der Waals surface area contributed by atoms with Crippen LogP contribution in [0.25, 0.3) is 21.1 Å². The molecule has 0 fully saturated rings. The van der Waals surface area contributed by atoms with E-state index in [1.54, 1.807) is 12.1 Å². The number of hydrogen-bond donors (Lipinski definition) is 2. The van der Waals surface area contributed by atoms with Gasteiger partial charge in [-0.1, -0.05) is 6.07 Å². The van der Waals surface area contributed by atoms with E-state index >= 15 is 0 Å². The summed E-state index contributed by atoms with van der Waals surface area (Å²) in [6.45, 7) is 4.24. The zero-order valence-corrected chi connectivity index (χ0v) is 15.6. The molecule has 0 spiro atoms. The van der Waals surface area contributed by atoms with Crippen molar-refractivity contribution in [2.75, 3.05) is 6.54 Å². The Labute approximate surface area is 158 Å². The summed E-state index contributed by atoms with van der Waals surface area (Å²) < 4.78 is 27.9. The van der Waals surface area contributed by atoms with Crippen LogP contribution >= 0.6 is 11.3 Å². The third kappa shape index (κ3) is 3.19. The Morgan fingerprint density at radius 3 is 2.85 bits per heavy atom. The molecule has 0 saturated heterocycles. The van der Waals surface area contributed by atoms with Crippen molar-refractivity contribution < 1.29 is 13.6 Å². The maximum atomic E-state index is 14.0. The van der Waals surface area contributed by atoms with Gasteiger partial charge < -0.3 is 10.3 Å². The highest BCUT2D eigenvalue weighted by atomic mass is 32.1.